The summed E-state index contributed by atoms with van der Waals surface area (Å²) in [5.41, 5.74) is 1.19. The van der Waals surface area contributed by atoms with Gasteiger partial charge in [-0.15, -0.1) is 0 Å². The molecule has 1 heterocycles. The predicted octanol–water partition coefficient (Wildman–Crippen LogP) is 0.184. The van der Waals surface area contributed by atoms with Gasteiger partial charge in [0.05, 0.1) is 32.9 Å². The van der Waals surface area contributed by atoms with Crippen LogP contribution >= 0.6 is 0 Å². The summed E-state index contributed by atoms with van der Waals surface area (Å²) < 4.78 is 16.4. The normalized spacial score (nSPS) is 20.9. The summed E-state index contributed by atoms with van der Waals surface area (Å²) in [7, 11) is 5.05. The van der Waals surface area contributed by atoms with Gasteiger partial charge < -0.3 is 24.0 Å². The van der Waals surface area contributed by atoms with Crippen LogP contribution in [0.15, 0.2) is 12.1 Å². The first kappa shape index (κ1) is 18.9. The number of rotatable bonds is 8. The maximum absolute atomic E-state index is 5.57. The zero-order chi connectivity index (χ0) is 17.5. The summed E-state index contributed by atoms with van der Waals surface area (Å²) >= 11 is 0. The number of quaternary nitrogens is 2. The van der Waals surface area contributed by atoms with E-state index in [0.717, 1.165) is 29.8 Å². The van der Waals surface area contributed by atoms with E-state index in [9.17, 15) is 0 Å². The number of methoxy groups -OCH3 is 3. The van der Waals surface area contributed by atoms with Crippen molar-refractivity contribution in [1.29, 1.82) is 0 Å². The van der Waals surface area contributed by atoms with Crippen LogP contribution in [-0.4, -0.2) is 53.6 Å². The number of hydrogen-bond donors (Lipinski definition) is 2. The monoisotopic (exact) mass is 338 g/mol. The summed E-state index contributed by atoms with van der Waals surface area (Å²) in [6, 6.07) is 4.81. The fourth-order valence-electron chi connectivity index (χ4n) is 3.88. The van der Waals surface area contributed by atoms with Gasteiger partial charge in [-0.3, -0.25) is 0 Å². The lowest BCUT2D eigenvalue weighted by Gasteiger charge is -2.34. The van der Waals surface area contributed by atoms with Crippen molar-refractivity contribution in [1.82, 2.24) is 0 Å². The highest BCUT2D eigenvalue weighted by Crippen LogP contribution is 2.34. The minimum Gasteiger partial charge on any atom is -0.496 e. The van der Waals surface area contributed by atoms with Crippen LogP contribution in [0.5, 0.6) is 17.2 Å². The van der Waals surface area contributed by atoms with E-state index in [4.69, 9.17) is 14.2 Å². The molecule has 0 unspecified atom stereocenters. The van der Waals surface area contributed by atoms with Gasteiger partial charge in [0.25, 0.3) is 0 Å². The van der Waals surface area contributed by atoms with Crippen molar-refractivity contribution < 1.29 is 24.0 Å². The first-order valence-electron chi connectivity index (χ1n) is 9.13. The largest absolute Gasteiger partial charge is 0.496 e. The highest BCUT2D eigenvalue weighted by Gasteiger charge is 2.28. The van der Waals surface area contributed by atoms with Crippen LogP contribution in [0.1, 0.15) is 32.3 Å². The Hall–Kier alpha value is -1.46. The Labute approximate surface area is 146 Å². The van der Waals surface area contributed by atoms with Gasteiger partial charge in [0.15, 0.2) is 11.5 Å². The maximum Gasteiger partial charge on any atom is 0.164 e. The molecule has 0 saturated carbocycles. The number of benzene rings is 1. The average Bonchev–Trinajstić information content (AvgIpc) is 2.63. The van der Waals surface area contributed by atoms with Crippen molar-refractivity contribution in [2.45, 2.75) is 39.3 Å². The summed E-state index contributed by atoms with van der Waals surface area (Å²) in [4.78, 5) is 3.40. The molecule has 0 aliphatic carbocycles. The molecule has 1 fully saturated rings. The summed E-state index contributed by atoms with van der Waals surface area (Å²) in [6.07, 6.45) is 2.56. The second kappa shape index (κ2) is 9.14. The lowest BCUT2D eigenvalue weighted by atomic mass is 10.1. The van der Waals surface area contributed by atoms with E-state index in [1.165, 1.54) is 44.6 Å². The molecule has 0 radical (unpaired) electrons. The van der Waals surface area contributed by atoms with Crippen LogP contribution in [0.3, 0.4) is 0 Å². The maximum atomic E-state index is 5.57. The van der Waals surface area contributed by atoms with E-state index in [-0.39, 0.29) is 0 Å². The zero-order valence-corrected chi connectivity index (χ0v) is 15.9. The van der Waals surface area contributed by atoms with Crippen LogP contribution in [0.25, 0.3) is 0 Å². The Morgan fingerprint density at radius 3 is 1.88 bits per heavy atom. The smallest absolute Gasteiger partial charge is 0.164 e. The summed E-state index contributed by atoms with van der Waals surface area (Å²) in [6.45, 7) is 10.5. The SMILES string of the molecule is CCC(CC)[NH+]1CC[NH+](Cc2cc(OC)c(OC)cc2OC)CC1. The molecule has 24 heavy (non-hydrogen) atoms. The van der Waals surface area contributed by atoms with E-state index >= 15 is 0 Å². The van der Waals surface area contributed by atoms with Gasteiger partial charge in [0.2, 0.25) is 0 Å². The molecule has 5 nitrogen and oxygen atoms in total. The molecule has 1 aromatic rings. The van der Waals surface area contributed by atoms with Gasteiger partial charge in [0.1, 0.15) is 38.5 Å². The third-order valence-electron chi connectivity index (χ3n) is 5.39. The van der Waals surface area contributed by atoms with Crippen molar-refractivity contribution in [3.05, 3.63) is 17.7 Å². The van der Waals surface area contributed by atoms with Gasteiger partial charge >= 0.3 is 0 Å². The molecule has 2 rings (SSSR count). The number of nitrogens with one attached hydrogen (secondary N) is 2. The summed E-state index contributed by atoms with van der Waals surface area (Å²) in [5, 5.41) is 0. The molecule has 0 aromatic heterocycles. The number of ether oxygens (including phenoxy) is 3. The van der Waals surface area contributed by atoms with Crippen LogP contribution in [0.2, 0.25) is 0 Å². The van der Waals surface area contributed by atoms with Gasteiger partial charge in [-0.2, -0.15) is 0 Å². The molecular weight excluding hydrogens is 304 g/mol. The molecule has 1 aromatic carbocycles. The molecule has 0 atom stereocenters. The molecule has 0 amide bonds. The Kier molecular flexibility index (Phi) is 7.18. The Morgan fingerprint density at radius 2 is 1.38 bits per heavy atom. The van der Waals surface area contributed by atoms with Gasteiger partial charge in [-0.05, 0) is 18.9 Å². The van der Waals surface area contributed by atoms with Gasteiger partial charge in [-0.25, -0.2) is 0 Å². The zero-order valence-electron chi connectivity index (χ0n) is 15.9. The van der Waals surface area contributed by atoms with Crippen LogP contribution in [-0.2, 0) is 6.54 Å². The van der Waals surface area contributed by atoms with E-state index in [1.54, 1.807) is 31.1 Å². The van der Waals surface area contributed by atoms with Crippen LogP contribution in [0, 0.1) is 0 Å². The number of piperazine rings is 1. The van der Waals surface area contributed by atoms with Crippen molar-refractivity contribution in [3.63, 3.8) is 0 Å². The lowest BCUT2D eigenvalue weighted by Crippen LogP contribution is -3.29. The van der Waals surface area contributed by atoms with Crippen LogP contribution < -0.4 is 24.0 Å². The first-order chi connectivity index (χ1) is 11.7. The topological polar surface area (TPSA) is 36.6 Å². The fraction of sp³-hybridized carbons (Fsp3) is 0.684. The highest BCUT2D eigenvalue weighted by molar-refractivity contribution is 5.50. The standard InChI is InChI=1S/C19H32N2O3/c1-6-16(7-2)21-10-8-20(9-11-21)14-15-12-18(23-4)19(24-5)13-17(15)22-3/h12-13,16H,6-11,14H2,1-5H3/p+2. The Morgan fingerprint density at radius 1 is 0.833 bits per heavy atom. The molecule has 0 spiro atoms. The van der Waals surface area contributed by atoms with Crippen molar-refractivity contribution in [3.8, 4) is 17.2 Å². The molecular formula is C19H34N2O3+2. The fourth-order valence-corrected chi connectivity index (χ4v) is 3.88. The summed E-state index contributed by atoms with van der Waals surface area (Å²) in [5.74, 6) is 2.38. The third-order valence-corrected chi connectivity index (χ3v) is 5.39. The molecule has 0 bridgehead atoms. The van der Waals surface area contributed by atoms with E-state index < -0.39 is 0 Å². The highest BCUT2D eigenvalue weighted by atomic mass is 16.5. The van der Waals surface area contributed by atoms with Crippen molar-refractivity contribution >= 4 is 0 Å². The predicted molar refractivity (Wildman–Crippen MR) is 95.6 cm³/mol. The quantitative estimate of drug-likeness (QED) is 0.710. The van der Waals surface area contributed by atoms with E-state index in [1.807, 2.05) is 6.07 Å². The molecule has 1 aliphatic rings. The molecule has 2 N–H and O–H groups in total. The second-order valence-electron chi connectivity index (χ2n) is 6.62. The van der Waals surface area contributed by atoms with Gasteiger partial charge in [-0.1, -0.05) is 13.8 Å². The minimum absolute atomic E-state index is 0.719. The van der Waals surface area contributed by atoms with Crippen molar-refractivity contribution in [2.24, 2.45) is 0 Å². The molecule has 136 valence electrons. The van der Waals surface area contributed by atoms with Crippen molar-refractivity contribution in [2.75, 3.05) is 47.5 Å². The third kappa shape index (κ3) is 4.33. The van der Waals surface area contributed by atoms with E-state index in [0.29, 0.717) is 0 Å². The van der Waals surface area contributed by atoms with E-state index in [2.05, 4.69) is 19.9 Å². The van der Waals surface area contributed by atoms with Gasteiger partial charge in [0, 0.05) is 6.07 Å². The lowest BCUT2D eigenvalue weighted by molar-refractivity contribution is -1.03. The molecule has 1 saturated heterocycles. The Balaban J connectivity index is 2.04. The second-order valence-corrected chi connectivity index (χ2v) is 6.62. The molecule has 1 aliphatic heterocycles. The number of hydrogen-bond acceptors (Lipinski definition) is 3. The minimum atomic E-state index is 0.719. The Bertz CT molecular complexity index is 510. The molecule has 5 heteroatoms. The average molecular weight is 338 g/mol. The first-order valence-corrected chi connectivity index (χ1v) is 9.13. The van der Waals surface area contributed by atoms with Crippen LogP contribution in [0.4, 0.5) is 0 Å².